The summed E-state index contributed by atoms with van der Waals surface area (Å²) in [5.74, 6) is -0.154. The first-order valence-electron chi connectivity index (χ1n) is 9.47. The quantitative estimate of drug-likeness (QED) is 0.370. The summed E-state index contributed by atoms with van der Waals surface area (Å²) in [6.07, 6.45) is 3.47. The molecule has 0 saturated carbocycles. The van der Waals surface area contributed by atoms with Crippen molar-refractivity contribution in [3.8, 4) is 0 Å². The van der Waals surface area contributed by atoms with Crippen LogP contribution < -0.4 is 16.0 Å². The Kier molecular flexibility index (Phi) is 9.66. The lowest BCUT2D eigenvalue weighted by molar-refractivity contribution is -0.120. The number of amides is 3. The number of hydrogen-bond donors (Lipinski definition) is 3. The predicted octanol–water partition coefficient (Wildman–Crippen LogP) is 3.68. The van der Waals surface area contributed by atoms with E-state index in [1.54, 1.807) is 24.3 Å². The molecule has 0 aliphatic rings. The van der Waals surface area contributed by atoms with Crippen molar-refractivity contribution >= 4 is 52.2 Å². The van der Waals surface area contributed by atoms with E-state index < -0.39 is 0 Å². The van der Waals surface area contributed by atoms with Crippen molar-refractivity contribution in [2.45, 2.75) is 43.9 Å². The lowest BCUT2D eigenvalue weighted by atomic mass is 10.2. The van der Waals surface area contributed by atoms with E-state index in [0.29, 0.717) is 23.6 Å². The first-order chi connectivity index (χ1) is 14.0. The lowest BCUT2D eigenvalue weighted by Gasteiger charge is -2.07. The Balaban J connectivity index is 1.75. The first kappa shape index (κ1) is 22.9. The number of unbranched alkanes of at least 4 members (excludes halogenated alkanes) is 2. The Labute approximate surface area is 179 Å². The van der Waals surface area contributed by atoms with Gasteiger partial charge in [0, 0.05) is 30.2 Å². The van der Waals surface area contributed by atoms with Gasteiger partial charge in [-0.15, -0.1) is 11.3 Å². The third-order valence-electron chi connectivity index (χ3n) is 3.77. The Morgan fingerprint density at radius 3 is 2.59 bits per heavy atom. The fourth-order valence-electron chi connectivity index (χ4n) is 2.47. The number of hydrogen-bond acceptors (Lipinski definition) is 6. The molecule has 7 nitrogen and oxygen atoms in total. The number of anilines is 2. The number of rotatable bonds is 11. The van der Waals surface area contributed by atoms with Gasteiger partial charge in [-0.25, -0.2) is 4.98 Å². The molecule has 0 aliphatic carbocycles. The molecule has 0 spiro atoms. The molecule has 1 heterocycles. The number of nitrogens with one attached hydrogen (secondary N) is 3. The molecule has 1 aromatic heterocycles. The minimum Gasteiger partial charge on any atom is -0.356 e. The van der Waals surface area contributed by atoms with Gasteiger partial charge in [0.2, 0.25) is 17.7 Å². The summed E-state index contributed by atoms with van der Waals surface area (Å²) in [5, 5.41) is 10.2. The minimum atomic E-state index is -0.168. The van der Waals surface area contributed by atoms with Gasteiger partial charge in [-0.2, -0.15) is 0 Å². The van der Waals surface area contributed by atoms with Crippen LogP contribution in [0.5, 0.6) is 0 Å². The molecule has 3 amide bonds. The zero-order chi connectivity index (χ0) is 21.1. The fraction of sp³-hybridized carbons (Fsp3) is 0.400. The van der Waals surface area contributed by atoms with Crippen LogP contribution in [-0.2, 0) is 20.8 Å². The van der Waals surface area contributed by atoms with Gasteiger partial charge in [0.1, 0.15) is 0 Å². The second kappa shape index (κ2) is 12.2. The van der Waals surface area contributed by atoms with Crippen LogP contribution >= 0.6 is 23.1 Å². The number of aromatic nitrogens is 1. The van der Waals surface area contributed by atoms with Gasteiger partial charge in [0.25, 0.3) is 0 Å². The number of nitrogens with zero attached hydrogens (tertiary/aromatic N) is 1. The maximum Gasteiger partial charge on any atom is 0.234 e. The van der Waals surface area contributed by atoms with Crippen molar-refractivity contribution in [3.63, 3.8) is 0 Å². The molecular formula is C20H26N4O3S2. The molecule has 0 unspecified atom stereocenters. The van der Waals surface area contributed by atoms with Gasteiger partial charge < -0.3 is 16.0 Å². The van der Waals surface area contributed by atoms with Gasteiger partial charge in [-0.05, 0) is 24.6 Å². The van der Waals surface area contributed by atoms with E-state index in [2.05, 4.69) is 27.9 Å². The lowest BCUT2D eigenvalue weighted by Crippen LogP contribution is -2.26. The largest absolute Gasteiger partial charge is 0.356 e. The highest BCUT2D eigenvalue weighted by molar-refractivity contribution is 8.01. The molecule has 156 valence electrons. The van der Waals surface area contributed by atoms with Crippen LogP contribution in [0.3, 0.4) is 0 Å². The van der Waals surface area contributed by atoms with Crippen LogP contribution in [0.15, 0.2) is 34.0 Å². The average Bonchev–Trinajstić information content (AvgIpc) is 3.10. The average molecular weight is 435 g/mol. The summed E-state index contributed by atoms with van der Waals surface area (Å²) in [6.45, 7) is 4.25. The van der Waals surface area contributed by atoms with E-state index in [9.17, 15) is 14.4 Å². The van der Waals surface area contributed by atoms with Crippen LogP contribution in [0.2, 0.25) is 0 Å². The predicted molar refractivity (Wildman–Crippen MR) is 118 cm³/mol. The normalized spacial score (nSPS) is 10.4. The Morgan fingerprint density at radius 1 is 1.10 bits per heavy atom. The number of benzene rings is 1. The summed E-state index contributed by atoms with van der Waals surface area (Å²) in [4.78, 5) is 39.6. The zero-order valence-corrected chi connectivity index (χ0v) is 18.3. The van der Waals surface area contributed by atoms with Crippen molar-refractivity contribution < 1.29 is 14.4 Å². The highest BCUT2D eigenvalue weighted by Crippen LogP contribution is 2.23. The molecular weight excluding hydrogens is 408 g/mol. The second-order valence-corrected chi connectivity index (χ2v) is 8.52. The van der Waals surface area contributed by atoms with E-state index in [1.165, 1.54) is 30.0 Å². The zero-order valence-electron chi connectivity index (χ0n) is 16.6. The fourth-order valence-corrected chi connectivity index (χ4v) is 4.11. The summed E-state index contributed by atoms with van der Waals surface area (Å²) >= 11 is 2.75. The monoisotopic (exact) mass is 434 g/mol. The maximum absolute atomic E-state index is 12.2. The van der Waals surface area contributed by atoms with Crippen molar-refractivity contribution in [2.24, 2.45) is 0 Å². The number of carbonyl (C=O) groups excluding carboxylic acids is 3. The smallest absolute Gasteiger partial charge is 0.234 e. The van der Waals surface area contributed by atoms with E-state index in [0.717, 1.165) is 23.6 Å². The van der Waals surface area contributed by atoms with Gasteiger partial charge in [-0.1, -0.05) is 37.6 Å². The third kappa shape index (κ3) is 9.10. The molecule has 3 N–H and O–H groups in total. The van der Waals surface area contributed by atoms with Crippen molar-refractivity contribution in [2.75, 3.05) is 22.9 Å². The number of carbonyl (C=O) groups is 3. The van der Waals surface area contributed by atoms with E-state index in [4.69, 9.17) is 0 Å². The molecule has 2 rings (SSSR count). The minimum absolute atomic E-state index is 0.0280. The summed E-state index contributed by atoms with van der Waals surface area (Å²) in [6, 6.07) is 6.97. The summed E-state index contributed by atoms with van der Waals surface area (Å²) < 4.78 is 0.751. The molecule has 0 saturated heterocycles. The van der Waals surface area contributed by atoms with Gasteiger partial charge in [0.05, 0.1) is 17.9 Å². The van der Waals surface area contributed by atoms with Gasteiger partial charge in [-0.3, -0.25) is 14.4 Å². The Morgan fingerprint density at radius 2 is 1.86 bits per heavy atom. The van der Waals surface area contributed by atoms with E-state index in [1.807, 2.05) is 5.38 Å². The third-order valence-corrected chi connectivity index (χ3v) is 5.84. The molecule has 0 radical (unpaired) electrons. The van der Waals surface area contributed by atoms with Crippen molar-refractivity contribution in [3.05, 3.63) is 35.3 Å². The van der Waals surface area contributed by atoms with Crippen LogP contribution in [0.25, 0.3) is 0 Å². The van der Waals surface area contributed by atoms with E-state index in [-0.39, 0.29) is 29.9 Å². The van der Waals surface area contributed by atoms with Crippen LogP contribution in [0.4, 0.5) is 11.4 Å². The SMILES string of the molecule is CCCCCNC(=O)Cc1csc(SCC(=O)Nc2cccc(NC(C)=O)c2)n1. The number of thiazole rings is 1. The van der Waals surface area contributed by atoms with Crippen LogP contribution in [0, 0.1) is 0 Å². The molecule has 2 aromatic rings. The van der Waals surface area contributed by atoms with Crippen molar-refractivity contribution in [1.29, 1.82) is 0 Å². The van der Waals surface area contributed by atoms with E-state index >= 15 is 0 Å². The molecule has 0 aliphatic heterocycles. The van der Waals surface area contributed by atoms with Crippen LogP contribution in [0.1, 0.15) is 38.8 Å². The topological polar surface area (TPSA) is 100 Å². The second-order valence-electron chi connectivity index (χ2n) is 6.44. The maximum atomic E-state index is 12.2. The standard InChI is InChI=1S/C20H26N4O3S2/c1-3-4-5-9-21-18(26)11-17-12-28-20(24-17)29-13-19(27)23-16-8-6-7-15(10-16)22-14(2)25/h6-8,10,12H,3-5,9,11,13H2,1-2H3,(H,21,26)(H,22,25)(H,23,27). The highest BCUT2D eigenvalue weighted by Gasteiger charge is 2.10. The first-order valence-corrected chi connectivity index (χ1v) is 11.3. The molecule has 29 heavy (non-hydrogen) atoms. The van der Waals surface area contributed by atoms with Gasteiger partial charge >= 0.3 is 0 Å². The summed E-state index contributed by atoms with van der Waals surface area (Å²) in [7, 11) is 0. The van der Waals surface area contributed by atoms with Gasteiger partial charge in [0.15, 0.2) is 4.34 Å². The molecule has 0 bridgehead atoms. The molecule has 0 fully saturated rings. The molecule has 0 atom stereocenters. The number of thioether (sulfide) groups is 1. The molecule has 1 aromatic carbocycles. The Hall–Kier alpha value is -2.39. The van der Waals surface area contributed by atoms with Crippen molar-refractivity contribution in [1.82, 2.24) is 10.3 Å². The molecule has 9 heteroatoms. The Bertz CT molecular complexity index is 839. The summed E-state index contributed by atoms with van der Waals surface area (Å²) in [5.41, 5.74) is 1.95. The van der Waals surface area contributed by atoms with Crippen LogP contribution in [-0.4, -0.2) is 35.0 Å². The highest BCUT2D eigenvalue weighted by atomic mass is 32.2.